The molecule has 0 radical (unpaired) electrons. The van der Waals surface area contributed by atoms with Gasteiger partial charge in [0.25, 0.3) is 17.7 Å². The number of nitrogens with one attached hydrogen (secondary N) is 3. The van der Waals surface area contributed by atoms with Gasteiger partial charge in [0.15, 0.2) is 23.0 Å². The first-order valence-corrected chi connectivity index (χ1v) is 19.5. The number of rotatable bonds is 16. The molecule has 5 amide bonds. The van der Waals surface area contributed by atoms with Crippen LogP contribution in [0.5, 0.6) is 23.0 Å². The van der Waals surface area contributed by atoms with Crippen molar-refractivity contribution in [3.05, 3.63) is 94.7 Å². The number of benzene rings is 3. The number of phenols is 4. The first-order chi connectivity index (χ1) is 28.2. The average Bonchev–Trinajstić information content (AvgIpc) is 3.22. The SMILES string of the molecule is CC.CC(=O)OCC1=C(C(=O)O)N2C(=O)[C@@H](NC(=O)C(NC(=O)CN(CCCCNC(=O)c3cccc(O)c3O)C(=O)c3cccc(O)c3O)c3ccccc3)[C@H]2SC1. The number of thioether (sulfide) groups is 1. The number of aromatic hydroxyl groups is 4. The standard InChI is InChI=1S/C38H39N5O13S.C2H6/c1-20(44)56-18-22-19-57-37-29(36(53)43(37)30(22)38(54)55)41-34(51)28(21-9-3-2-4-10-21)40-27(47)17-42(35(52)24-12-8-14-26(46)32(24)49)16-6-5-15-39-33(50)23-11-7-13-25(45)31(23)48;1-2/h2-4,7-14,28-29,37,45-46,48-49H,5-6,15-19H2,1H3,(H,39,50)(H,40,47)(H,41,51)(H,54,55);1-2H3/t28?,29-,37-;/m1./s1. The molecule has 0 saturated carbocycles. The minimum Gasteiger partial charge on any atom is -0.504 e. The Hall–Kier alpha value is -6.76. The van der Waals surface area contributed by atoms with Crippen molar-refractivity contribution in [2.24, 2.45) is 0 Å². The molecule has 8 N–H and O–H groups in total. The number of carboxylic acid groups (broad SMARTS) is 1. The lowest BCUT2D eigenvalue weighted by Crippen LogP contribution is -2.71. The molecule has 1 fully saturated rings. The molecule has 19 heteroatoms. The summed E-state index contributed by atoms with van der Waals surface area (Å²) in [6.45, 7) is 4.18. The highest BCUT2D eigenvalue weighted by atomic mass is 32.2. The number of aliphatic carboxylic acids is 1. The number of carbonyl (C=O) groups excluding carboxylic acids is 6. The molecule has 0 aliphatic carbocycles. The van der Waals surface area contributed by atoms with E-state index >= 15 is 0 Å². The molecule has 3 aromatic rings. The second kappa shape index (κ2) is 20.6. The molecule has 2 heterocycles. The molecule has 5 rings (SSSR count). The average molecular weight is 836 g/mol. The van der Waals surface area contributed by atoms with Gasteiger partial charge in [-0.3, -0.25) is 33.7 Å². The van der Waals surface area contributed by atoms with Crippen LogP contribution in [-0.4, -0.2) is 120 Å². The van der Waals surface area contributed by atoms with Gasteiger partial charge in [0.05, 0.1) is 17.7 Å². The van der Waals surface area contributed by atoms with Gasteiger partial charge in [-0.25, -0.2) is 4.79 Å². The van der Waals surface area contributed by atoms with E-state index in [9.17, 15) is 59.1 Å². The first-order valence-electron chi connectivity index (χ1n) is 18.5. The summed E-state index contributed by atoms with van der Waals surface area (Å²) in [4.78, 5) is 92.5. The van der Waals surface area contributed by atoms with Crippen LogP contribution in [0, 0.1) is 0 Å². The number of β-lactam (4-membered cyclic amide) rings is 1. The second-order valence-electron chi connectivity index (χ2n) is 12.9. The van der Waals surface area contributed by atoms with E-state index in [4.69, 9.17) is 4.74 Å². The monoisotopic (exact) mass is 835 g/mol. The van der Waals surface area contributed by atoms with Gasteiger partial charge in [-0.15, -0.1) is 11.8 Å². The summed E-state index contributed by atoms with van der Waals surface area (Å²) < 4.78 is 4.96. The Morgan fingerprint density at radius 2 is 1.51 bits per heavy atom. The van der Waals surface area contributed by atoms with Crippen molar-refractivity contribution in [3.63, 3.8) is 0 Å². The topological polar surface area (TPSA) is 272 Å². The van der Waals surface area contributed by atoms with E-state index in [0.29, 0.717) is 5.56 Å². The molecule has 0 aromatic heterocycles. The number of carboxylic acids is 1. The zero-order valence-electron chi connectivity index (χ0n) is 32.3. The fourth-order valence-electron chi connectivity index (χ4n) is 6.11. The number of hydrogen-bond donors (Lipinski definition) is 8. The van der Waals surface area contributed by atoms with E-state index in [1.165, 1.54) is 30.3 Å². The lowest BCUT2D eigenvalue weighted by molar-refractivity contribution is -0.151. The summed E-state index contributed by atoms with van der Waals surface area (Å²) in [7, 11) is 0. The van der Waals surface area contributed by atoms with Gasteiger partial charge in [0.1, 0.15) is 29.8 Å². The van der Waals surface area contributed by atoms with E-state index in [2.05, 4.69) is 16.0 Å². The number of unbranched alkanes of at least 4 members (excludes halogenated alkanes) is 1. The summed E-state index contributed by atoms with van der Waals surface area (Å²) in [5, 5.41) is 57.0. The zero-order valence-corrected chi connectivity index (χ0v) is 33.2. The number of para-hydroxylation sites is 2. The molecule has 2 aliphatic heterocycles. The fourth-order valence-corrected chi connectivity index (χ4v) is 7.44. The van der Waals surface area contributed by atoms with Crippen molar-refractivity contribution in [1.82, 2.24) is 25.8 Å². The van der Waals surface area contributed by atoms with Crippen LogP contribution in [0.25, 0.3) is 0 Å². The van der Waals surface area contributed by atoms with Crippen LogP contribution in [0.15, 0.2) is 78.0 Å². The predicted molar refractivity (Wildman–Crippen MR) is 212 cm³/mol. The van der Waals surface area contributed by atoms with Crippen LogP contribution in [-0.2, 0) is 28.7 Å². The number of amides is 5. The van der Waals surface area contributed by atoms with E-state index in [1.54, 1.807) is 30.3 Å². The molecule has 18 nitrogen and oxygen atoms in total. The van der Waals surface area contributed by atoms with Crippen LogP contribution in [0.1, 0.15) is 65.9 Å². The number of hydrogen-bond acceptors (Lipinski definition) is 13. The van der Waals surface area contributed by atoms with Crippen LogP contribution < -0.4 is 16.0 Å². The number of fused-ring (bicyclic) bond motifs is 1. The summed E-state index contributed by atoms with van der Waals surface area (Å²) in [6, 6.07) is 13.1. The lowest BCUT2D eigenvalue weighted by atomic mass is 10.0. The Kier molecular flexibility index (Phi) is 15.7. The second-order valence-corrected chi connectivity index (χ2v) is 14.0. The molecule has 314 valence electrons. The largest absolute Gasteiger partial charge is 0.504 e. The Bertz CT molecular complexity index is 2110. The van der Waals surface area contributed by atoms with E-state index in [1.807, 2.05) is 13.8 Å². The Morgan fingerprint density at radius 1 is 0.881 bits per heavy atom. The number of ether oxygens (including phenoxy) is 1. The lowest BCUT2D eigenvalue weighted by Gasteiger charge is -2.49. The molecule has 3 aromatic carbocycles. The molecule has 1 unspecified atom stereocenters. The molecule has 3 atom stereocenters. The highest BCUT2D eigenvalue weighted by molar-refractivity contribution is 8.00. The summed E-state index contributed by atoms with van der Waals surface area (Å²) in [5.41, 5.74) is -0.276. The van der Waals surface area contributed by atoms with Crippen LogP contribution in [0.3, 0.4) is 0 Å². The third-order valence-corrected chi connectivity index (χ3v) is 10.3. The molecule has 2 aliphatic rings. The number of carbonyl (C=O) groups is 7. The quantitative estimate of drug-likeness (QED) is 0.0446. The van der Waals surface area contributed by atoms with Crippen molar-refractivity contribution in [1.29, 1.82) is 0 Å². The maximum Gasteiger partial charge on any atom is 0.352 e. The molecular weight excluding hydrogens is 791 g/mol. The molecule has 0 spiro atoms. The van der Waals surface area contributed by atoms with Crippen LogP contribution in [0.4, 0.5) is 0 Å². The van der Waals surface area contributed by atoms with Crippen molar-refractivity contribution in [2.75, 3.05) is 32.0 Å². The normalized spacial score (nSPS) is 15.9. The Balaban J connectivity index is 0.00000378. The highest BCUT2D eigenvalue weighted by Gasteiger charge is 2.54. The van der Waals surface area contributed by atoms with Gasteiger partial charge >= 0.3 is 11.9 Å². The summed E-state index contributed by atoms with van der Waals surface area (Å²) >= 11 is 1.16. The van der Waals surface area contributed by atoms with Gasteiger partial charge < -0.3 is 51.1 Å². The smallest absolute Gasteiger partial charge is 0.352 e. The van der Waals surface area contributed by atoms with E-state index in [-0.39, 0.29) is 60.7 Å². The molecule has 1 saturated heterocycles. The highest BCUT2D eigenvalue weighted by Crippen LogP contribution is 2.40. The molecule has 59 heavy (non-hydrogen) atoms. The maximum atomic E-state index is 13.8. The molecule has 0 bridgehead atoms. The zero-order chi connectivity index (χ0) is 43.4. The number of nitrogens with zero attached hydrogens (tertiary/aromatic N) is 2. The number of esters is 1. The third kappa shape index (κ3) is 10.8. The van der Waals surface area contributed by atoms with Gasteiger partial charge in [-0.05, 0) is 42.7 Å². The maximum absolute atomic E-state index is 13.8. The van der Waals surface area contributed by atoms with Crippen molar-refractivity contribution in [2.45, 2.75) is 51.1 Å². The predicted octanol–water partition coefficient (Wildman–Crippen LogP) is 2.35. The van der Waals surface area contributed by atoms with Crippen molar-refractivity contribution >= 4 is 53.2 Å². The van der Waals surface area contributed by atoms with Crippen LogP contribution >= 0.6 is 11.8 Å². The van der Waals surface area contributed by atoms with Crippen LogP contribution in [0.2, 0.25) is 0 Å². The minimum absolute atomic E-state index is 0.0730. The van der Waals surface area contributed by atoms with E-state index < -0.39 is 88.5 Å². The minimum atomic E-state index is -1.41. The summed E-state index contributed by atoms with van der Waals surface area (Å²) in [6.07, 6.45) is 0.482. The Morgan fingerprint density at radius 3 is 2.14 bits per heavy atom. The molecular formula is C40H45N5O13S. The van der Waals surface area contributed by atoms with Crippen molar-refractivity contribution in [3.8, 4) is 23.0 Å². The first kappa shape index (κ1) is 44.9. The van der Waals surface area contributed by atoms with Crippen molar-refractivity contribution < 1.29 is 63.8 Å². The van der Waals surface area contributed by atoms with Gasteiger partial charge in [0.2, 0.25) is 11.8 Å². The Labute approximate surface area is 342 Å². The van der Waals surface area contributed by atoms with E-state index in [0.717, 1.165) is 34.6 Å². The van der Waals surface area contributed by atoms with Gasteiger partial charge in [-0.2, -0.15) is 0 Å². The van der Waals surface area contributed by atoms with Gasteiger partial charge in [-0.1, -0.05) is 56.3 Å². The van der Waals surface area contributed by atoms with Gasteiger partial charge in [0, 0.05) is 31.3 Å². The third-order valence-electron chi connectivity index (χ3n) is 8.96. The fraction of sp³-hybridized carbons (Fsp3) is 0.325. The summed E-state index contributed by atoms with van der Waals surface area (Å²) in [5.74, 6) is -8.14. The number of phenolic OH excluding ortho intramolecular Hbond substituents is 4.